The molecule has 0 saturated carbocycles. The minimum absolute atomic E-state index is 0.0824. The molecule has 0 atom stereocenters. The summed E-state index contributed by atoms with van der Waals surface area (Å²) in [4.78, 5) is 18.4. The van der Waals surface area contributed by atoms with Gasteiger partial charge in [-0.15, -0.1) is 5.10 Å². The van der Waals surface area contributed by atoms with Crippen LogP contribution in [0.1, 0.15) is 5.69 Å². The fourth-order valence-corrected chi connectivity index (χ4v) is 3.15. The molecule has 0 fully saturated rings. The SMILES string of the molecule is COc1cc(-c2cn(CC(=O)N(C)c3ccccc3)nn2)ccc1-n1cnc(C)c1. The molecule has 152 valence electrons. The minimum Gasteiger partial charge on any atom is -0.495 e. The highest BCUT2D eigenvalue weighted by atomic mass is 16.5. The number of rotatable bonds is 6. The van der Waals surface area contributed by atoms with Crippen molar-refractivity contribution in [1.29, 1.82) is 0 Å². The van der Waals surface area contributed by atoms with Crippen LogP contribution in [0.15, 0.2) is 67.3 Å². The second-order valence-corrected chi connectivity index (χ2v) is 6.90. The summed E-state index contributed by atoms with van der Waals surface area (Å²) >= 11 is 0. The third-order valence-electron chi connectivity index (χ3n) is 4.82. The number of hydrogen-bond acceptors (Lipinski definition) is 5. The number of carbonyl (C=O) groups is 1. The van der Waals surface area contributed by atoms with Gasteiger partial charge in [-0.1, -0.05) is 29.5 Å². The highest BCUT2D eigenvalue weighted by Gasteiger charge is 2.14. The zero-order chi connectivity index (χ0) is 21.1. The van der Waals surface area contributed by atoms with Crippen molar-refractivity contribution < 1.29 is 9.53 Å². The van der Waals surface area contributed by atoms with Crippen molar-refractivity contribution in [3.63, 3.8) is 0 Å². The minimum atomic E-state index is -0.0824. The molecule has 0 unspecified atom stereocenters. The number of anilines is 1. The summed E-state index contributed by atoms with van der Waals surface area (Å²) in [5, 5.41) is 8.33. The molecule has 1 amide bonds. The Kier molecular flexibility index (Phi) is 5.30. The maximum absolute atomic E-state index is 12.6. The number of para-hydroxylation sites is 1. The van der Waals surface area contributed by atoms with Crippen LogP contribution < -0.4 is 9.64 Å². The predicted octanol–water partition coefficient (Wildman–Crippen LogP) is 3.11. The third-order valence-corrected chi connectivity index (χ3v) is 4.82. The van der Waals surface area contributed by atoms with Gasteiger partial charge in [-0.25, -0.2) is 9.67 Å². The summed E-state index contributed by atoms with van der Waals surface area (Å²) in [7, 11) is 3.37. The second-order valence-electron chi connectivity index (χ2n) is 6.90. The molecule has 30 heavy (non-hydrogen) atoms. The first-order valence-electron chi connectivity index (χ1n) is 9.46. The van der Waals surface area contributed by atoms with Crippen LogP contribution in [0, 0.1) is 6.92 Å². The lowest BCUT2D eigenvalue weighted by atomic mass is 10.1. The van der Waals surface area contributed by atoms with E-state index in [9.17, 15) is 4.79 Å². The number of benzene rings is 2. The second kappa shape index (κ2) is 8.20. The van der Waals surface area contributed by atoms with Crippen LogP contribution in [-0.2, 0) is 11.3 Å². The number of aryl methyl sites for hydroxylation is 1. The Bertz CT molecular complexity index is 1170. The Morgan fingerprint density at radius 1 is 1.13 bits per heavy atom. The number of nitrogens with zero attached hydrogens (tertiary/aromatic N) is 6. The van der Waals surface area contributed by atoms with Crippen LogP contribution in [0.5, 0.6) is 5.75 Å². The van der Waals surface area contributed by atoms with E-state index in [1.54, 1.807) is 31.6 Å². The molecule has 8 nitrogen and oxygen atoms in total. The number of likely N-dealkylation sites (N-methyl/N-ethyl adjacent to an activating group) is 1. The third kappa shape index (κ3) is 3.93. The van der Waals surface area contributed by atoms with Crippen LogP contribution in [0.4, 0.5) is 5.69 Å². The largest absolute Gasteiger partial charge is 0.495 e. The highest BCUT2D eigenvalue weighted by Crippen LogP contribution is 2.29. The average Bonchev–Trinajstić information content (AvgIpc) is 3.42. The van der Waals surface area contributed by atoms with Crippen molar-refractivity contribution in [1.82, 2.24) is 24.5 Å². The van der Waals surface area contributed by atoms with Crippen LogP contribution >= 0.6 is 0 Å². The first-order chi connectivity index (χ1) is 14.5. The van der Waals surface area contributed by atoms with E-state index in [0.29, 0.717) is 11.4 Å². The van der Waals surface area contributed by atoms with Gasteiger partial charge in [-0.2, -0.15) is 0 Å². The van der Waals surface area contributed by atoms with E-state index in [-0.39, 0.29) is 12.5 Å². The van der Waals surface area contributed by atoms with Gasteiger partial charge in [0.15, 0.2) is 0 Å². The average molecular weight is 402 g/mol. The molecule has 8 heteroatoms. The van der Waals surface area contributed by atoms with E-state index in [1.807, 2.05) is 66.2 Å². The van der Waals surface area contributed by atoms with E-state index in [2.05, 4.69) is 15.3 Å². The smallest absolute Gasteiger partial charge is 0.248 e. The molecule has 0 N–H and O–H groups in total. The maximum Gasteiger partial charge on any atom is 0.248 e. The van der Waals surface area contributed by atoms with Gasteiger partial charge >= 0.3 is 0 Å². The number of aromatic nitrogens is 5. The molecule has 0 aliphatic heterocycles. The molecule has 0 bridgehead atoms. The molecule has 0 aliphatic carbocycles. The van der Waals surface area contributed by atoms with Gasteiger partial charge in [0.05, 0.1) is 31.0 Å². The van der Waals surface area contributed by atoms with E-state index >= 15 is 0 Å². The summed E-state index contributed by atoms with van der Waals surface area (Å²) in [6.07, 6.45) is 5.44. The number of imidazole rings is 1. The summed E-state index contributed by atoms with van der Waals surface area (Å²) < 4.78 is 9.01. The predicted molar refractivity (Wildman–Crippen MR) is 114 cm³/mol. The molecule has 0 aliphatic rings. The van der Waals surface area contributed by atoms with Gasteiger partial charge < -0.3 is 14.2 Å². The van der Waals surface area contributed by atoms with E-state index < -0.39 is 0 Å². The Morgan fingerprint density at radius 3 is 2.63 bits per heavy atom. The summed E-state index contributed by atoms with van der Waals surface area (Å²) in [5.74, 6) is 0.611. The maximum atomic E-state index is 12.6. The number of amides is 1. The van der Waals surface area contributed by atoms with Crippen molar-refractivity contribution in [2.45, 2.75) is 13.5 Å². The molecule has 4 aromatic rings. The van der Waals surface area contributed by atoms with Crippen LogP contribution in [-0.4, -0.2) is 44.6 Å². The molecule has 0 radical (unpaired) electrons. The number of ether oxygens (including phenoxy) is 1. The highest BCUT2D eigenvalue weighted by molar-refractivity contribution is 5.92. The zero-order valence-electron chi connectivity index (χ0n) is 17.1. The zero-order valence-corrected chi connectivity index (χ0v) is 17.1. The molecule has 4 rings (SSSR count). The van der Waals surface area contributed by atoms with Crippen molar-refractivity contribution in [2.75, 3.05) is 19.1 Å². The fraction of sp³-hybridized carbons (Fsp3) is 0.182. The first kappa shape index (κ1) is 19.4. The lowest BCUT2D eigenvalue weighted by Crippen LogP contribution is -2.30. The van der Waals surface area contributed by atoms with Crippen LogP contribution in [0.25, 0.3) is 16.9 Å². The lowest BCUT2D eigenvalue weighted by molar-refractivity contribution is -0.119. The fourth-order valence-electron chi connectivity index (χ4n) is 3.15. The molecule has 2 aromatic heterocycles. The number of hydrogen-bond donors (Lipinski definition) is 0. The van der Waals surface area contributed by atoms with Gasteiger partial charge in [0.1, 0.15) is 18.0 Å². The molecule has 0 saturated heterocycles. The Labute approximate surface area is 174 Å². The van der Waals surface area contributed by atoms with Crippen LogP contribution in [0.2, 0.25) is 0 Å². The van der Waals surface area contributed by atoms with Crippen molar-refractivity contribution in [3.8, 4) is 22.7 Å². The Balaban J connectivity index is 1.53. The molecule has 2 heterocycles. The van der Waals surface area contributed by atoms with Gasteiger partial charge in [-0.05, 0) is 31.2 Å². The standard InChI is InChI=1S/C22H22N6O2/c1-16-12-27(15-23-16)20-10-9-17(11-21(20)30-3)19-13-28(25-24-19)14-22(29)26(2)18-7-5-4-6-8-18/h4-13,15H,14H2,1-3H3. The van der Waals surface area contributed by atoms with Gasteiger partial charge in [0.2, 0.25) is 5.91 Å². The molecular weight excluding hydrogens is 380 g/mol. The molecule has 0 spiro atoms. The van der Waals surface area contributed by atoms with E-state index in [1.165, 1.54) is 4.68 Å². The summed E-state index contributed by atoms with van der Waals surface area (Å²) in [6, 6.07) is 15.3. The monoisotopic (exact) mass is 402 g/mol. The Hall–Kier alpha value is -3.94. The van der Waals surface area contributed by atoms with E-state index in [0.717, 1.165) is 22.6 Å². The van der Waals surface area contributed by atoms with Crippen molar-refractivity contribution in [3.05, 3.63) is 72.9 Å². The van der Waals surface area contributed by atoms with Gasteiger partial charge in [0.25, 0.3) is 0 Å². The summed E-state index contributed by atoms with van der Waals surface area (Å²) in [6.45, 7) is 2.04. The molecular formula is C22H22N6O2. The summed E-state index contributed by atoms with van der Waals surface area (Å²) in [5.41, 5.74) is 4.15. The van der Waals surface area contributed by atoms with Crippen molar-refractivity contribution >= 4 is 11.6 Å². The molecule has 2 aromatic carbocycles. The normalized spacial score (nSPS) is 10.8. The van der Waals surface area contributed by atoms with Gasteiger partial charge in [-0.3, -0.25) is 4.79 Å². The lowest BCUT2D eigenvalue weighted by Gasteiger charge is -2.16. The van der Waals surface area contributed by atoms with Crippen LogP contribution in [0.3, 0.4) is 0 Å². The quantitative estimate of drug-likeness (QED) is 0.495. The van der Waals surface area contributed by atoms with Gasteiger partial charge in [0, 0.05) is 24.5 Å². The first-order valence-corrected chi connectivity index (χ1v) is 9.46. The van der Waals surface area contributed by atoms with E-state index in [4.69, 9.17) is 4.74 Å². The number of carbonyl (C=O) groups excluding carboxylic acids is 1. The number of methoxy groups -OCH3 is 1. The topological polar surface area (TPSA) is 78.1 Å². The van der Waals surface area contributed by atoms with Crippen molar-refractivity contribution in [2.24, 2.45) is 0 Å². The Morgan fingerprint density at radius 2 is 1.93 bits per heavy atom.